The van der Waals surface area contributed by atoms with Gasteiger partial charge in [0.2, 0.25) is 0 Å². The van der Waals surface area contributed by atoms with Crippen LogP contribution >= 0.6 is 7.26 Å². The van der Waals surface area contributed by atoms with Crippen molar-refractivity contribution < 1.29 is 17.0 Å². The molecular weight excluding hydrogens is 267 g/mol. The fraction of sp³-hybridized carbons (Fsp3) is 1.00. The molecule has 0 aliphatic rings. The maximum atomic E-state index is 2.40. The lowest BCUT2D eigenvalue weighted by atomic mass is 10.3. The monoisotopic (exact) mass is 296 g/mol. The molecule has 0 heterocycles. The van der Waals surface area contributed by atoms with Crippen LogP contribution in [0.5, 0.6) is 0 Å². The van der Waals surface area contributed by atoms with E-state index < -0.39 is 7.26 Å². The summed E-state index contributed by atoms with van der Waals surface area (Å²) in [5.41, 5.74) is 0. The zero-order chi connectivity index (χ0) is 11.0. The summed E-state index contributed by atoms with van der Waals surface area (Å²) in [4.78, 5) is 0. The molecule has 0 aromatic carbocycles. The van der Waals surface area contributed by atoms with Crippen molar-refractivity contribution in [2.75, 3.05) is 24.6 Å². The Morgan fingerprint density at radius 2 is 1.13 bits per heavy atom. The van der Waals surface area contributed by atoms with Crippen LogP contribution in [0.25, 0.3) is 0 Å². The highest BCUT2D eigenvalue weighted by atomic mass is 79.9. The Kier molecular flexibility index (Phi) is 12.3. The summed E-state index contributed by atoms with van der Waals surface area (Å²) in [6, 6.07) is 0. The first kappa shape index (κ1) is 18.3. The fourth-order valence-corrected chi connectivity index (χ4v) is 8.42. The molecule has 0 amide bonds. The van der Waals surface area contributed by atoms with Crippen LogP contribution in [0.1, 0.15) is 53.9 Å². The molecule has 0 saturated carbocycles. The Balaban J connectivity index is 0. The van der Waals surface area contributed by atoms with Crippen LogP contribution in [0.15, 0.2) is 0 Å². The van der Waals surface area contributed by atoms with Crippen molar-refractivity contribution >= 4 is 7.26 Å². The molecular formula is C13H30BrP. The summed E-state index contributed by atoms with van der Waals surface area (Å²) in [7, 11) is -0.552. The van der Waals surface area contributed by atoms with E-state index in [0.29, 0.717) is 0 Å². The van der Waals surface area contributed by atoms with Gasteiger partial charge in [-0.1, -0.05) is 34.6 Å². The smallest absolute Gasteiger partial charge is 0.0617 e. The number of hydrogen-bond acceptors (Lipinski definition) is 0. The van der Waals surface area contributed by atoms with Gasteiger partial charge in [-0.3, -0.25) is 0 Å². The average Bonchev–Trinajstić information content (AvgIpc) is 2.03. The second-order valence-corrected chi connectivity index (χ2v) is 9.48. The molecule has 0 N–H and O–H groups in total. The number of hydrogen-bond donors (Lipinski definition) is 0. The lowest BCUT2D eigenvalue weighted by Crippen LogP contribution is -3.00. The first-order valence-corrected chi connectivity index (χ1v) is 8.98. The molecule has 0 aromatic heterocycles. The van der Waals surface area contributed by atoms with E-state index >= 15 is 0 Å². The van der Waals surface area contributed by atoms with Crippen LogP contribution < -0.4 is 17.0 Å². The standard InChI is InChI=1S/C13H30P.BrH/c1-6-9-14(10-7-2,11-8-3)12-13(4)5;/h13H,6-12H2,1-5H3;1H/q+1;/p-1. The van der Waals surface area contributed by atoms with E-state index in [1.165, 1.54) is 19.3 Å². The maximum absolute atomic E-state index is 2.40. The van der Waals surface area contributed by atoms with Gasteiger partial charge in [-0.2, -0.15) is 0 Å². The van der Waals surface area contributed by atoms with E-state index in [0.717, 1.165) is 5.92 Å². The summed E-state index contributed by atoms with van der Waals surface area (Å²) in [5, 5.41) is 0. The number of rotatable bonds is 8. The van der Waals surface area contributed by atoms with Crippen LogP contribution in [0, 0.1) is 5.92 Å². The summed E-state index contributed by atoms with van der Waals surface area (Å²) in [6.45, 7) is 11.9. The topological polar surface area (TPSA) is 0 Å². The Labute approximate surface area is 109 Å². The average molecular weight is 297 g/mol. The molecule has 0 fully saturated rings. The van der Waals surface area contributed by atoms with Crippen molar-refractivity contribution in [2.45, 2.75) is 53.9 Å². The van der Waals surface area contributed by atoms with Gasteiger partial charge in [0.15, 0.2) is 0 Å². The van der Waals surface area contributed by atoms with E-state index in [4.69, 9.17) is 0 Å². The molecule has 0 saturated heterocycles. The van der Waals surface area contributed by atoms with Gasteiger partial charge in [0, 0.05) is 7.26 Å². The van der Waals surface area contributed by atoms with E-state index in [2.05, 4.69) is 34.6 Å². The summed E-state index contributed by atoms with van der Waals surface area (Å²) >= 11 is 0. The molecule has 0 unspecified atom stereocenters. The molecule has 0 atom stereocenters. The molecule has 0 aromatic rings. The lowest BCUT2D eigenvalue weighted by molar-refractivity contribution is -0.00000358. The van der Waals surface area contributed by atoms with Crippen molar-refractivity contribution in [3.8, 4) is 0 Å². The summed E-state index contributed by atoms with van der Waals surface area (Å²) in [5.74, 6) is 0.910. The highest BCUT2D eigenvalue weighted by Crippen LogP contribution is 2.61. The van der Waals surface area contributed by atoms with Crippen molar-refractivity contribution in [1.29, 1.82) is 0 Å². The van der Waals surface area contributed by atoms with Gasteiger partial charge in [0.1, 0.15) is 0 Å². The highest BCUT2D eigenvalue weighted by Gasteiger charge is 2.34. The third-order valence-electron chi connectivity index (χ3n) is 2.85. The van der Waals surface area contributed by atoms with Gasteiger partial charge in [-0.15, -0.1) is 0 Å². The molecule has 0 rings (SSSR count). The van der Waals surface area contributed by atoms with Gasteiger partial charge in [-0.25, -0.2) is 0 Å². The van der Waals surface area contributed by atoms with Crippen LogP contribution in [0.2, 0.25) is 0 Å². The Hall–Kier alpha value is 0.910. The Morgan fingerprint density at radius 1 is 0.800 bits per heavy atom. The molecule has 15 heavy (non-hydrogen) atoms. The third-order valence-corrected chi connectivity index (χ3v) is 8.54. The maximum Gasteiger partial charge on any atom is 0.0617 e. The normalized spacial score (nSPS) is 11.6. The quantitative estimate of drug-likeness (QED) is 0.600. The van der Waals surface area contributed by atoms with Crippen LogP contribution in [-0.2, 0) is 0 Å². The molecule has 0 aliphatic carbocycles. The molecule has 2 heteroatoms. The summed E-state index contributed by atoms with van der Waals surface area (Å²) < 4.78 is 0. The minimum atomic E-state index is -0.552. The zero-order valence-electron chi connectivity index (χ0n) is 11.4. The molecule has 0 spiro atoms. The van der Waals surface area contributed by atoms with Crippen molar-refractivity contribution in [2.24, 2.45) is 5.92 Å². The van der Waals surface area contributed by atoms with Gasteiger partial charge >= 0.3 is 0 Å². The number of halogens is 1. The molecule has 0 radical (unpaired) electrons. The second kappa shape index (κ2) is 10.1. The zero-order valence-corrected chi connectivity index (χ0v) is 13.8. The summed E-state index contributed by atoms with van der Waals surface area (Å²) in [6.07, 6.45) is 10.4. The van der Waals surface area contributed by atoms with Crippen LogP contribution in [0.3, 0.4) is 0 Å². The van der Waals surface area contributed by atoms with E-state index in [9.17, 15) is 0 Å². The SMILES string of the molecule is CCC[P+](CCC)(CCC)CC(C)C.[Br-]. The van der Waals surface area contributed by atoms with Crippen molar-refractivity contribution in [1.82, 2.24) is 0 Å². The van der Waals surface area contributed by atoms with Crippen LogP contribution in [0.4, 0.5) is 0 Å². The van der Waals surface area contributed by atoms with E-state index in [-0.39, 0.29) is 17.0 Å². The van der Waals surface area contributed by atoms with Crippen LogP contribution in [-0.4, -0.2) is 24.6 Å². The third kappa shape index (κ3) is 7.75. The molecule has 0 aliphatic heterocycles. The van der Waals surface area contributed by atoms with Gasteiger partial charge < -0.3 is 17.0 Å². The van der Waals surface area contributed by atoms with Gasteiger partial charge in [0.25, 0.3) is 0 Å². The van der Waals surface area contributed by atoms with Crippen molar-refractivity contribution in [3.05, 3.63) is 0 Å². The largest absolute Gasteiger partial charge is 1.00 e. The molecule has 0 nitrogen and oxygen atoms in total. The minimum absolute atomic E-state index is 0. The van der Waals surface area contributed by atoms with E-state index in [1.54, 1.807) is 24.6 Å². The van der Waals surface area contributed by atoms with Crippen molar-refractivity contribution in [3.63, 3.8) is 0 Å². The molecule has 0 bridgehead atoms. The predicted molar refractivity (Wildman–Crippen MR) is 72.1 cm³/mol. The van der Waals surface area contributed by atoms with Gasteiger partial charge in [-0.05, 0) is 25.2 Å². The van der Waals surface area contributed by atoms with E-state index in [1.807, 2.05) is 0 Å². The lowest BCUT2D eigenvalue weighted by Gasteiger charge is -2.28. The Bertz CT molecular complexity index is 117. The van der Waals surface area contributed by atoms with Gasteiger partial charge in [0.05, 0.1) is 24.6 Å². The second-order valence-electron chi connectivity index (χ2n) is 5.09. The minimum Gasteiger partial charge on any atom is -1.00 e. The first-order chi connectivity index (χ1) is 6.60. The fourth-order valence-electron chi connectivity index (χ4n) is 2.81. The Morgan fingerprint density at radius 3 is 1.33 bits per heavy atom. The predicted octanol–water partition coefficient (Wildman–Crippen LogP) is 1.89. The molecule has 94 valence electrons. The highest BCUT2D eigenvalue weighted by molar-refractivity contribution is 7.75. The first-order valence-electron chi connectivity index (χ1n) is 6.45.